The summed E-state index contributed by atoms with van der Waals surface area (Å²) in [5.74, 6) is 1.98. The van der Waals surface area contributed by atoms with E-state index >= 15 is 0 Å². The minimum atomic E-state index is -0.0784. The minimum Gasteiger partial charge on any atom is -0.463 e. The molecule has 2 aliphatic carbocycles. The number of aliphatic hydroxyl groups is 1. The zero-order chi connectivity index (χ0) is 10.8. The summed E-state index contributed by atoms with van der Waals surface area (Å²) in [5, 5.41) is 8.62. The summed E-state index contributed by atoms with van der Waals surface area (Å²) in [6.07, 6.45) is 4.76. The molecule has 0 aromatic rings. The van der Waals surface area contributed by atoms with Gasteiger partial charge in [-0.05, 0) is 30.6 Å². The van der Waals surface area contributed by atoms with Crippen molar-refractivity contribution in [3.05, 3.63) is 0 Å². The van der Waals surface area contributed by atoms with Crippen LogP contribution in [-0.4, -0.2) is 24.3 Å². The van der Waals surface area contributed by atoms with Crippen molar-refractivity contribution in [2.24, 2.45) is 23.7 Å². The Hall–Kier alpha value is -0.570. The fraction of sp³-hybridized carbons (Fsp3) is 0.917. The van der Waals surface area contributed by atoms with Crippen LogP contribution in [0, 0.1) is 23.7 Å². The molecule has 0 heterocycles. The van der Waals surface area contributed by atoms with Crippen LogP contribution in [0.2, 0.25) is 0 Å². The van der Waals surface area contributed by atoms with Crippen molar-refractivity contribution in [3.63, 3.8) is 0 Å². The van der Waals surface area contributed by atoms with Gasteiger partial charge in [-0.1, -0.05) is 19.8 Å². The van der Waals surface area contributed by atoms with Crippen LogP contribution >= 0.6 is 0 Å². The number of hydrogen-bond acceptors (Lipinski definition) is 3. The molecule has 86 valence electrons. The van der Waals surface area contributed by atoms with Gasteiger partial charge in [0.05, 0.1) is 12.5 Å². The standard InChI is InChI=1S/C12H20O3/c1-8-2-3-9-6-10(8)11(7-9)12(14)15-5-4-13/h8-11,13H,2-7H2,1H3. The maximum atomic E-state index is 11.8. The van der Waals surface area contributed by atoms with Gasteiger partial charge >= 0.3 is 5.97 Å². The molecule has 2 saturated carbocycles. The monoisotopic (exact) mass is 212 g/mol. The van der Waals surface area contributed by atoms with Gasteiger partial charge in [-0.2, -0.15) is 0 Å². The van der Waals surface area contributed by atoms with E-state index in [1.54, 1.807) is 0 Å². The third-order valence-electron chi connectivity index (χ3n) is 4.11. The van der Waals surface area contributed by atoms with Crippen molar-refractivity contribution in [1.82, 2.24) is 0 Å². The summed E-state index contributed by atoms with van der Waals surface area (Å²) in [6, 6.07) is 0. The number of rotatable bonds is 3. The van der Waals surface area contributed by atoms with Crippen molar-refractivity contribution in [2.45, 2.75) is 32.6 Å². The maximum absolute atomic E-state index is 11.8. The largest absolute Gasteiger partial charge is 0.463 e. The SMILES string of the molecule is CC1CCC2CC(C(=O)OCCO)C1C2. The first-order chi connectivity index (χ1) is 7.22. The Morgan fingerprint density at radius 2 is 2.20 bits per heavy atom. The predicted molar refractivity (Wildman–Crippen MR) is 56.1 cm³/mol. The molecule has 4 unspecified atom stereocenters. The molecule has 3 heteroatoms. The molecule has 0 spiro atoms. The van der Waals surface area contributed by atoms with E-state index in [1.807, 2.05) is 0 Å². The number of ether oxygens (including phenoxy) is 1. The van der Waals surface area contributed by atoms with Gasteiger partial charge in [-0.15, -0.1) is 0 Å². The van der Waals surface area contributed by atoms with Gasteiger partial charge in [0.1, 0.15) is 6.61 Å². The van der Waals surface area contributed by atoms with Crippen LogP contribution in [0.5, 0.6) is 0 Å². The van der Waals surface area contributed by atoms with E-state index in [4.69, 9.17) is 9.84 Å². The third-order valence-corrected chi connectivity index (χ3v) is 4.11. The number of esters is 1. The van der Waals surface area contributed by atoms with Gasteiger partial charge in [0.25, 0.3) is 0 Å². The van der Waals surface area contributed by atoms with Crippen LogP contribution < -0.4 is 0 Å². The number of carbonyl (C=O) groups excluding carboxylic acids is 1. The Bertz CT molecular complexity index is 239. The quantitative estimate of drug-likeness (QED) is 0.723. The van der Waals surface area contributed by atoms with Crippen LogP contribution in [0.15, 0.2) is 0 Å². The molecular weight excluding hydrogens is 192 g/mol. The predicted octanol–water partition coefficient (Wildman–Crippen LogP) is 1.59. The van der Waals surface area contributed by atoms with Crippen molar-refractivity contribution >= 4 is 5.97 Å². The molecule has 0 aromatic carbocycles. The average molecular weight is 212 g/mol. The molecule has 4 atom stereocenters. The highest BCUT2D eigenvalue weighted by Crippen LogP contribution is 2.49. The summed E-state index contributed by atoms with van der Waals surface area (Å²) in [5.41, 5.74) is 0. The zero-order valence-corrected chi connectivity index (χ0v) is 9.32. The molecule has 2 fully saturated rings. The van der Waals surface area contributed by atoms with Gasteiger partial charge in [-0.25, -0.2) is 0 Å². The highest BCUT2D eigenvalue weighted by atomic mass is 16.5. The first-order valence-electron chi connectivity index (χ1n) is 6.00. The van der Waals surface area contributed by atoms with E-state index in [0.29, 0.717) is 11.8 Å². The molecule has 0 aliphatic heterocycles. The molecule has 15 heavy (non-hydrogen) atoms. The van der Waals surface area contributed by atoms with E-state index in [2.05, 4.69) is 6.92 Å². The molecule has 3 nitrogen and oxygen atoms in total. The average Bonchev–Trinajstić information content (AvgIpc) is 2.60. The summed E-state index contributed by atoms with van der Waals surface area (Å²) in [6.45, 7) is 2.34. The lowest BCUT2D eigenvalue weighted by Crippen LogP contribution is -2.26. The van der Waals surface area contributed by atoms with Crippen LogP contribution in [0.3, 0.4) is 0 Å². The smallest absolute Gasteiger partial charge is 0.309 e. The fourth-order valence-electron chi connectivity index (χ4n) is 3.28. The fourth-order valence-corrected chi connectivity index (χ4v) is 3.28. The third kappa shape index (κ3) is 2.17. The summed E-state index contributed by atoms with van der Waals surface area (Å²) >= 11 is 0. The molecular formula is C12H20O3. The number of fused-ring (bicyclic) bond motifs is 2. The second kappa shape index (κ2) is 4.52. The van der Waals surface area contributed by atoms with Gasteiger partial charge in [-0.3, -0.25) is 4.79 Å². The molecule has 0 radical (unpaired) electrons. The summed E-state index contributed by atoms with van der Waals surface area (Å²) < 4.78 is 5.04. The van der Waals surface area contributed by atoms with Crippen molar-refractivity contribution in [2.75, 3.05) is 13.2 Å². The van der Waals surface area contributed by atoms with Crippen LogP contribution in [0.1, 0.15) is 32.6 Å². The van der Waals surface area contributed by atoms with E-state index in [0.717, 1.165) is 12.3 Å². The Morgan fingerprint density at radius 3 is 2.93 bits per heavy atom. The Labute approximate surface area is 90.8 Å². The minimum absolute atomic E-state index is 0.0674. The number of carbonyl (C=O) groups is 1. The first kappa shape index (κ1) is 10.9. The normalized spacial score (nSPS) is 39.1. The topological polar surface area (TPSA) is 46.5 Å². The Balaban J connectivity index is 1.95. The van der Waals surface area contributed by atoms with Crippen molar-refractivity contribution in [3.8, 4) is 0 Å². The van der Waals surface area contributed by atoms with Crippen LogP contribution in [0.4, 0.5) is 0 Å². The van der Waals surface area contributed by atoms with Gasteiger partial charge in [0.2, 0.25) is 0 Å². The lowest BCUT2D eigenvalue weighted by atomic mass is 9.79. The lowest BCUT2D eigenvalue weighted by Gasteiger charge is -2.27. The van der Waals surface area contributed by atoms with E-state index in [9.17, 15) is 4.79 Å². The number of hydrogen-bond donors (Lipinski definition) is 1. The van der Waals surface area contributed by atoms with Gasteiger partial charge in [0.15, 0.2) is 0 Å². The second-order valence-corrected chi connectivity index (χ2v) is 5.05. The summed E-state index contributed by atoms with van der Waals surface area (Å²) in [4.78, 5) is 11.8. The van der Waals surface area contributed by atoms with Gasteiger partial charge in [0, 0.05) is 0 Å². The molecule has 1 N–H and O–H groups in total. The maximum Gasteiger partial charge on any atom is 0.309 e. The molecule has 0 aromatic heterocycles. The molecule has 0 amide bonds. The van der Waals surface area contributed by atoms with E-state index in [1.165, 1.54) is 19.3 Å². The first-order valence-corrected chi connectivity index (χ1v) is 6.00. The Kier molecular flexibility index (Phi) is 3.29. The lowest BCUT2D eigenvalue weighted by molar-refractivity contribution is -0.151. The van der Waals surface area contributed by atoms with Crippen molar-refractivity contribution in [1.29, 1.82) is 0 Å². The summed E-state index contributed by atoms with van der Waals surface area (Å²) in [7, 11) is 0. The molecule has 2 rings (SSSR count). The van der Waals surface area contributed by atoms with Gasteiger partial charge < -0.3 is 9.84 Å². The van der Waals surface area contributed by atoms with E-state index < -0.39 is 0 Å². The van der Waals surface area contributed by atoms with E-state index in [-0.39, 0.29) is 25.1 Å². The van der Waals surface area contributed by atoms with Crippen molar-refractivity contribution < 1.29 is 14.6 Å². The molecule has 2 aliphatic rings. The molecule has 0 saturated heterocycles. The highest BCUT2D eigenvalue weighted by Gasteiger charge is 2.44. The highest BCUT2D eigenvalue weighted by molar-refractivity contribution is 5.73. The van der Waals surface area contributed by atoms with Crippen LogP contribution in [-0.2, 0) is 9.53 Å². The Morgan fingerprint density at radius 1 is 1.40 bits per heavy atom. The zero-order valence-electron chi connectivity index (χ0n) is 9.32. The molecule has 2 bridgehead atoms. The van der Waals surface area contributed by atoms with Crippen LogP contribution in [0.25, 0.3) is 0 Å². The second-order valence-electron chi connectivity index (χ2n) is 5.05. The number of aliphatic hydroxyl groups excluding tert-OH is 1.